The zero-order chi connectivity index (χ0) is 17.9. The highest BCUT2D eigenvalue weighted by molar-refractivity contribution is 7.92. The van der Waals surface area contributed by atoms with Crippen LogP contribution in [0.4, 0.5) is 5.69 Å². The molecule has 0 saturated carbocycles. The summed E-state index contributed by atoms with van der Waals surface area (Å²) in [5, 5.41) is 0. The normalized spacial score (nSPS) is 16.5. The molecule has 9 heteroatoms. The molecule has 0 amide bonds. The number of nitrogens with zero attached hydrogens (tertiary/aromatic N) is 1. The zero-order valence-corrected chi connectivity index (χ0v) is 15.0. The van der Waals surface area contributed by atoms with Crippen LogP contribution in [0, 0.1) is 0 Å². The largest absolute Gasteiger partial charge is 0.379 e. The highest BCUT2D eigenvalue weighted by atomic mass is 32.2. The van der Waals surface area contributed by atoms with Gasteiger partial charge in [-0.15, -0.1) is 0 Å². The van der Waals surface area contributed by atoms with Crippen molar-refractivity contribution >= 4 is 25.7 Å². The fourth-order valence-electron chi connectivity index (χ4n) is 2.47. The van der Waals surface area contributed by atoms with E-state index < -0.39 is 20.0 Å². The number of ether oxygens (including phenoxy) is 1. The van der Waals surface area contributed by atoms with Crippen molar-refractivity contribution in [3.05, 3.63) is 54.6 Å². The maximum absolute atomic E-state index is 12.7. The van der Waals surface area contributed by atoms with Gasteiger partial charge < -0.3 is 4.74 Å². The van der Waals surface area contributed by atoms with Gasteiger partial charge in [0, 0.05) is 13.1 Å². The minimum atomic E-state index is -3.78. The van der Waals surface area contributed by atoms with Gasteiger partial charge in [0.05, 0.1) is 28.7 Å². The van der Waals surface area contributed by atoms with E-state index in [0.717, 1.165) is 0 Å². The lowest BCUT2D eigenvalue weighted by Gasteiger charge is -2.26. The first-order valence-corrected chi connectivity index (χ1v) is 10.6. The number of morpholine rings is 1. The van der Waals surface area contributed by atoms with Gasteiger partial charge in [-0.3, -0.25) is 4.72 Å². The van der Waals surface area contributed by atoms with Crippen molar-refractivity contribution in [2.24, 2.45) is 0 Å². The van der Waals surface area contributed by atoms with E-state index in [1.165, 1.54) is 40.7 Å². The van der Waals surface area contributed by atoms with E-state index in [-0.39, 0.29) is 28.6 Å². The monoisotopic (exact) mass is 382 g/mol. The van der Waals surface area contributed by atoms with Crippen molar-refractivity contribution in [3.63, 3.8) is 0 Å². The predicted molar refractivity (Wildman–Crippen MR) is 93.3 cm³/mol. The second-order valence-corrected chi connectivity index (χ2v) is 9.08. The first-order valence-electron chi connectivity index (χ1n) is 7.65. The number of hydrogen-bond acceptors (Lipinski definition) is 5. The van der Waals surface area contributed by atoms with E-state index in [2.05, 4.69) is 4.72 Å². The number of sulfonamides is 2. The molecule has 134 valence electrons. The maximum atomic E-state index is 12.7. The summed E-state index contributed by atoms with van der Waals surface area (Å²) in [6.45, 7) is 1.25. The first kappa shape index (κ1) is 17.9. The average molecular weight is 382 g/mol. The van der Waals surface area contributed by atoms with Crippen molar-refractivity contribution in [1.29, 1.82) is 0 Å². The van der Waals surface area contributed by atoms with Crippen molar-refractivity contribution in [2.75, 3.05) is 31.0 Å². The molecule has 0 aromatic heterocycles. The minimum absolute atomic E-state index is 0.0441. The van der Waals surface area contributed by atoms with Crippen LogP contribution < -0.4 is 4.72 Å². The predicted octanol–water partition coefficient (Wildman–Crippen LogP) is 1.51. The third kappa shape index (κ3) is 4.01. The molecule has 0 aliphatic carbocycles. The Labute approximate surface area is 147 Å². The van der Waals surface area contributed by atoms with E-state index in [0.29, 0.717) is 13.2 Å². The van der Waals surface area contributed by atoms with E-state index in [9.17, 15) is 16.8 Å². The van der Waals surface area contributed by atoms with Gasteiger partial charge in [-0.05, 0) is 30.3 Å². The van der Waals surface area contributed by atoms with Gasteiger partial charge in [0.15, 0.2) is 0 Å². The highest BCUT2D eigenvalue weighted by Crippen LogP contribution is 2.22. The summed E-state index contributed by atoms with van der Waals surface area (Å²) in [6, 6.07) is 13.7. The number of rotatable bonds is 5. The fourth-order valence-corrected chi connectivity index (χ4v) is 4.99. The molecule has 0 radical (unpaired) electrons. The van der Waals surface area contributed by atoms with Crippen molar-refractivity contribution in [2.45, 2.75) is 9.79 Å². The lowest BCUT2D eigenvalue weighted by atomic mass is 10.3. The van der Waals surface area contributed by atoms with Crippen LogP contribution in [-0.4, -0.2) is 47.4 Å². The Morgan fingerprint density at radius 2 is 1.48 bits per heavy atom. The molecule has 2 aromatic carbocycles. The molecule has 0 spiro atoms. The van der Waals surface area contributed by atoms with Crippen molar-refractivity contribution in [3.8, 4) is 0 Å². The number of benzene rings is 2. The zero-order valence-electron chi connectivity index (χ0n) is 13.3. The van der Waals surface area contributed by atoms with Gasteiger partial charge in [0.25, 0.3) is 10.0 Å². The number of anilines is 1. The molecule has 1 saturated heterocycles. The summed E-state index contributed by atoms with van der Waals surface area (Å²) in [4.78, 5) is 0.152. The molecule has 1 aliphatic heterocycles. The summed E-state index contributed by atoms with van der Waals surface area (Å²) >= 11 is 0. The molecule has 1 heterocycles. The number of hydrogen-bond donors (Lipinski definition) is 1. The van der Waals surface area contributed by atoms with Crippen LogP contribution in [0.5, 0.6) is 0 Å². The van der Waals surface area contributed by atoms with Crippen LogP contribution in [-0.2, 0) is 24.8 Å². The van der Waals surface area contributed by atoms with Crippen molar-refractivity contribution < 1.29 is 21.6 Å². The van der Waals surface area contributed by atoms with Crippen LogP contribution in [0.1, 0.15) is 0 Å². The van der Waals surface area contributed by atoms with Gasteiger partial charge >= 0.3 is 0 Å². The first-order chi connectivity index (χ1) is 11.9. The fraction of sp³-hybridized carbons (Fsp3) is 0.250. The van der Waals surface area contributed by atoms with Crippen molar-refractivity contribution in [1.82, 2.24) is 4.31 Å². The Kier molecular flexibility index (Phi) is 5.09. The van der Waals surface area contributed by atoms with E-state index >= 15 is 0 Å². The quantitative estimate of drug-likeness (QED) is 0.846. The highest BCUT2D eigenvalue weighted by Gasteiger charge is 2.26. The van der Waals surface area contributed by atoms with Gasteiger partial charge in [-0.1, -0.05) is 24.3 Å². The van der Waals surface area contributed by atoms with Crippen LogP contribution in [0.25, 0.3) is 0 Å². The molecular weight excluding hydrogens is 364 g/mol. The molecule has 0 unspecified atom stereocenters. The average Bonchev–Trinajstić information content (AvgIpc) is 2.63. The second-order valence-electron chi connectivity index (χ2n) is 5.46. The lowest BCUT2D eigenvalue weighted by molar-refractivity contribution is 0.0730. The Morgan fingerprint density at radius 1 is 0.840 bits per heavy atom. The Hall–Kier alpha value is -1.94. The summed E-state index contributed by atoms with van der Waals surface area (Å²) in [5.41, 5.74) is 0.193. The Morgan fingerprint density at radius 3 is 2.16 bits per heavy atom. The van der Waals surface area contributed by atoms with Gasteiger partial charge in [0.2, 0.25) is 10.0 Å². The Bertz CT molecular complexity index is 938. The molecule has 25 heavy (non-hydrogen) atoms. The second kappa shape index (κ2) is 7.12. The van der Waals surface area contributed by atoms with E-state index in [4.69, 9.17) is 4.74 Å². The summed E-state index contributed by atoms with van der Waals surface area (Å²) < 4.78 is 59.0. The van der Waals surface area contributed by atoms with Gasteiger partial charge in [0.1, 0.15) is 0 Å². The molecule has 1 fully saturated rings. The SMILES string of the molecule is O=S(=O)(Nc1cccc(S(=O)(=O)N2CCOCC2)c1)c1ccccc1. The van der Waals surface area contributed by atoms with Gasteiger partial charge in [-0.25, -0.2) is 16.8 Å². The molecule has 7 nitrogen and oxygen atoms in total. The van der Waals surface area contributed by atoms with Gasteiger partial charge in [-0.2, -0.15) is 4.31 Å². The molecule has 1 aliphatic rings. The summed E-state index contributed by atoms with van der Waals surface area (Å²) in [7, 11) is -7.47. The molecule has 3 rings (SSSR count). The molecule has 0 atom stereocenters. The number of nitrogens with one attached hydrogen (secondary N) is 1. The topological polar surface area (TPSA) is 92.8 Å². The van der Waals surface area contributed by atoms with E-state index in [1.807, 2.05) is 0 Å². The molecular formula is C16H18N2O5S2. The standard InChI is InChI=1S/C16H18N2O5S2/c19-24(20,15-6-2-1-3-7-15)17-14-5-4-8-16(13-14)25(21,22)18-9-11-23-12-10-18/h1-8,13,17H,9-12H2. The molecule has 0 bridgehead atoms. The Balaban J connectivity index is 1.87. The summed E-state index contributed by atoms with van der Waals surface area (Å²) in [6.07, 6.45) is 0. The smallest absolute Gasteiger partial charge is 0.261 e. The molecule has 2 aromatic rings. The minimum Gasteiger partial charge on any atom is -0.379 e. The third-order valence-electron chi connectivity index (χ3n) is 3.75. The third-order valence-corrected chi connectivity index (χ3v) is 7.04. The molecule has 1 N–H and O–H groups in total. The van der Waals surface area contributed by atoms with Crippen LogP contribution in [0.2, 0.25) is 0 Å². The van der Waals surface area contributed by atoms with Crippen LogP contribution in [0.3, 0.4) is 0 Å². The maximum Gasteiger partial charge on any atom is 0.261 e. The lowest BCUT2D eigenvalue weighted by Crippen LogP contribution is -2.40. The van der Waals surface area contributed by atoms with Crippen LogP contribution in [0.15, 0.2) is 64.4 Å². The van der Waals surface area contributed by atoms with Crippen LogP contribution >= 0.6 is 0 Å². The summed E-state index contributed by atoms with van der Waals surface area (Å²) in [5.74, 6) is 0. The van der Waals surface area contributed by atoms with E-state index in [1.54, 1.807) is 18.2 Å².